The van der Waals surface area contributed by atoms with E-state index in [4.69, 9.17) is 11.2 Å². The van der Waals surface area contributed by atoms with Gasteiger partial charge in [0.05, 0.1) is 0 Å². The number of phenolic OH excluding ortho intramolecular Hbond substituents is 1. The van der Waals surface area contributed by atoms with Gasteiger partial charge in [0.1, 0.15) is 23.4 Å². The molecule has 3 amide bonds. The van der Waals surface area contributed by atoms with Crippen molar-refractivity contribution in [2.75, 3.05) is 6.54 Å². The van der Waals surface area contributed by atoms with E-state index in [9.17, 15) is 19.5 Å². The number of nitrogens with zero attached hydrogens (tertiary/aromatic N) is 1. The Labute approximate surface area is 238 Å². The minimum absolute atomic E-state index is 0.0885. The molecule has 8 nitrogen and oxygen atoms in total. The second-order valence-corrected chi connectivity index (χ2v) is 11.9. The van der Waals surface area contributed by atoms with E-state index < -0.39 is 35.2 Å². The summed E-state index contributed by atoms with van der Waals surface area (Å²) in [6.07, 6.45) is 6.36. The second kappa shape index (κ2) is 13.9. The highest BCUT2D eigenvalue weighted by Gasteiger charge is 2.37. The lowest BCUT2D eigenvalue weighted by molar-refractivity contribution is -0.143. The molecule has 0 aromatic heterocycles. The third-order valence-electron chi connectivity index (χ3n) is 5.85. The normalized spacial score (nSPS) is 12.9. The third kappa shape index (κ3) is 10.3. The maximum atomic E-state index is 14.3. The lowest BCUT2D eigenvalue weighted by Gasteiger charge is -2.36. The van der Waals surface area contributed by atoms with Gasteiger partial charge in [-0.1, -0.05) is 43.5 Å². The molecule has 0 radical (unpaired) electrons. The maximum Gasteiger partial charge on any atom is 0.408 e. The molecule has 0 saturated heterocycles. The number of alkyl carbamates (subject to hydrolysis) is 1. The van der Waals surface area contributed by atoms with Crippen LogP contribution < -0.4 is 10.6 Å². The van der Waals surface area contributed by atoms with E-state index in [1.807, 2.05) is 27.7 Å². The first kappa shape index (κ1) is 32.2. The maximum absolute atomic E-state index is 14.3. The van der Waals surface area contributed by atoms with Crippen LogP contribution in [0.25, 0.3) is 0 Å². The molecule has 0 aliphatic heterocycles. The van der Waals surface area contributed by atoms with Crippen LogP contribution in [0.15, 0.2) is 48.5 Å². The highest BCUT2D eigenvalue weighted by atomic mass is 16.6. The molecule has 0 saturated carbocycles. The molecule has 0 aliphatic carbocycles. The van der Waals surface area contributed by atoms with Gasteiger partial charge in [0.15, 0.2) is 0 Å². The van der Waals surface area contributed by atoms with Crippen LogP contribution in [0.1, 0.15) is 84.0 Å². The predicted molar refractivity (Wildman–Crippen MR) is 157 cm³/mol. The molecule has 2 rings (SSSR count). The number of hydrogen-bond donors (Lipinski definition) is 3. The van der Waals surface area contributed by atoms with Gasteiger partial charge in [0.25, 0.3) is 0 Å². The summed E-state index contributed by atoms with van der Waals surface area (Å²) in [5.41, 5.74) is 0.657. The molecule has 2 unspecified atom stereocenters. The van der Waals surface area contributed by atoms with Crippen molar-refractivity contribution in [1.29, 1.82) is 0 Å². The fourth-order valence-corrected chi connectivity index (χ4v) is 4.09. The van der Waals surface area contributed by atoms with Gasteiger partial charge in [-0.2, -0.15) is 0 Å². The first-order chi connectivity index (χ1) is 18.6. The number of benzene rings is 2. The molecule has 0 spiro atoms. The van der Waals surface area contributed by atoms with Gasteiger partial charge >= 0.3 is 6.09 Å². The zero-order valence-electron chi connectivity index (χ0n) is 24.7. The first-order valence-electron chi connectivity index (χ1n) is 13.6. The summed E-state index contributed by atoms with van der Waals surface area (Å²) in [4.78, 5) is 42.5. The lowest BCUT2D eigenvalue weighted by Crippen LogP contribution is -2.55. The summed E-state index contributed by atoms with van der Waals surface area (Å²) in [5.74, 6) is 1.89. The lowest BCUT2D eigenvalue weighted by atomic mass is 9.98. The molecule has 2 atom stereocenters. The summed E-state index contributed by atoms with van der Waals surface area (Å²) < 4.78 is 5.46. The van der Waals surface area contributed by atoms with Crippen LogP contribution >= 0.6 is 0 Å². The molecular weight excluding hydrogens is 506 g/mol. The topological polar surface area (TPSA) is 108 Å². The smallest absolute Gasteiger partial charge is 0.408 e. The number of hydrogen-bond acceptors (Lipinski definition) is 5. The number of aromatic hydroxyl groups is 1. The van der Waals surface area contributed by atoms with Gasteiger partial charge in [-0.05, 0) is 83.4 Å². The van der Waals surface area contributed by atoms with E-state index in [2.05, 4.69) is 16.6 Å². The molecule has 2 aromatic carbocycles. The van der Waals surface area contributed by atoms with E-state index >= 15 is 0 Å². The van der Waals surface area contributed by atoms with Gasteiger partial charge in [-0.3, -0.25) is 9.59 Å². The van der Waals surface area contributed by atoms with Crippen molar-refractivity contribution < 1.29 is 24.2 Å². The van der Waals surface area contributed by atoms with E-state index in [0.717, 1.165) is 12.0 Å². The third-order valence-corrected chi connectivity index (χ3v) is 5.85. The number of ether oxygens (including phenoxy) is 1. The molecule has 0 bridgehead atoms. The molecule has 3 N–H and O–H groups in total. The minimum Gasteiger partial charge on any atom is -0.508 e. The fourth-order valence-electron chi connectivity index (χ4n) is 4.09. The SMILES string of the molecule is C#Cc1ccc(C(C(=O)NC(C)(C)C)N(CCCC)C(=O)C(Cc2ccc(O)cc2)NC(=O)OC(C)(C)C)cc1. The van der Waals surface area contributed by atoms with Crippen molar-refractivity contribution in [2.45, 2.75) is 91.0 Å². The van der Waals surface area contributed by atoms with Crippen LogP contribution in [0.3, 0.4) is 0 Å². The van der Waals surface area contributed by atoms with Crippen LogP contribution in [0, 0.1) is 12.3 Å². The summed E-state index contributed by atoms with van der Waals surface area (Å²) in [6.45, 7) is 13.1. The average Bonchev–Trinajstić information content (AvgIpc) is 2.85. The Morgan fingerprint density at radius 1 is 1.00 bits per heavy atom. The number of carbonyl (C=O) groups excluding carboxylic acids is 3. The molecule has 8 heteroatoms. The minimum atomic E-state index is -1.04. The van der Waals surface area contributed by atoms with Crippen LogP contribution in [0.2, 0.25) is 0 Å². The number of nitrogens with one attached hydrogen (secondary N) is 2. The summed E-state index contributed by atoms with van der Waals surface area (Å²) >= 11 is 0. The van der Waals surface area contributed by atoms with E-state index in [-0.39, 0.29) is 24.6 Å². The van der Waals surface area contributed by atoms with Gasteiger partial charge in [0.2, 0.25) is 11.8 Å². The van der Waals surface area contributed by atoms with Crippen molar-refractivity contribution >= 4 is 17.9 Å². The Hall–Kier alpha value is -3.99. The average molecular weight is 550 g/mol. The summed E-state index contributed by atoms with van der Waals surface area (Å²) in [5, 5.41) is 15.5. The largest absolute Gasteiger partial charge is 0.508 e. The van der Waals surface area contributed by atoms with Gasteiger partial charge in [0, 0.05) is 24.1 Å². The Kier molecular flexibility index (Phi) is 11.2. The summed E-state index contributed by atoms with van der Waals surface area (Å²) in [6, 6.07) is 11.4. The zero-order valence-corrected chi connectivity index (χ0v) is 24.7. The monoisotopic (exact) mass is 549 g/mol. The van der Waals surface area contributed by atoms with Crippen molar-refractivity contribution in [3.05, 3.63) is 65.2 Å². The molecule has 216 valence electrons. The van der Waals surface area contributed by atoms with Crippen molar-refractivity contribution in [3.63, 3.8) is 0 Å². The molecule has 0 fully saturated rings. The Bertz CT molecular complexity index is 1190. The van der Waals surface area contributed by atoms with Crippen LogP contribution in [0.4, 0.5) is 4.79 Å². The van der Waals surface area contributed by atoms with E-state index in [1.54, 1.807) is 57.2 Å². The molecular formula is C32H43N3O5. The van der Waals surface area contributed by atoms with Crippen molar-refractivity contribution in [3.8, 4) is 18.1 Å². The summed E-state index contributed by atoms with van der Waals surface area (Å²) in [7, 11) is 0. The number of terminal acetylenes is 1. The number of carbonyl (C=O) groups is 3. The standard InChI is InChI=1S/C32H43N3O5/c1-9-11-20-35(27(28(37)34-31(3,4)5)24-16-12-22(10-2)13-17-24)29(38)26(33-30(39)40-32(6,7)8)21-23-14-18-25(36)19-15-23/h2,12-19,26-27,36H,9,11,20-21H2,1,3-8H3,(H,33,39)(H,34,37). The Morgan fingerprint density at radius 3 is 2.10 bits per heavy atom. The Balaban J connectivity index is 2.58. The zero-order chi connectivity index (χ0) is 30.1. The van der Waals surface area contributed by atoms with Gasteiger partial charge < -0.3 is 25.4 Å². The van der Waals surface area contributed by atoms with E-state index in [1.165, 1.54) is 17.0 Å². The number of unbranched alkanes of at least 4 members (excludes halogenated alkanes) is 1. The first-order valence-corrected chi connectivity index (χ1v) is 13.6. The predicted octanol–water partition coefficient (Wildman–Crippen LogP) is 5.09. The van der Waals surface area contributed by atoms with Crippen molar-refractivity contribution in [1.82, 2.24) is 15.5 Å². The fraction of sp³-hybridized carbons (Fsp3) is 0.469. The Morgan fingerprint density at radius 2 is 1.60 bits per heavy atom. The van der Waals surface area contributed by atoms with Gasteiger partial charge in [-0.25, -0.2) is 4.79 Å². The van der Waals surface area contributed by atoms with Gasteiger partial charge in [-0.15, -0.1) is 6.42 Å². The molecule has 0 heterocycles. The number of phenols is 1. The van der Waals surface area contributed by atoms with E-state index in [0.29, 0.717) is 17.5 Å². The number of rotatable bonds is 10. The van der Waals surface area contributed by atoms with Crippen LogP contribution in [-0.2, 0) is 20.7 Å². The van der Waals surface area contributed by atoms with Crippen molar-refractivity contribution in [2.24, 2.45) is 0 Å². The van der Waals surface area contributed by atoms with Crippen LogP contribution in [-0.4, -0.2) is 51.6 Å². The molecule has 40 heavy (non-hydrogen) atoms. The quantitative estimate of drug-likeness (QED) is 0.358. The highest BCUT2D eigenvalue weighted by molar-refractivity contribution is 5.92. The number of amides is 3. The van der Waals surface area contributed by atoms with Crippen LogP contribution in [0.5, 0.6) is 5.75 Å². The molecule has 0 aliphatic rings. The second-order valence-electron chi connectivity index (χ2n) is 11.9. The molecule has 2 aromatic rings. The highest BCUT2D eigenvalue weighted by Crippen LogP contribution is 2.26.